The lowest BCUT2D eigenvalue weighted by molar-refractivity contribution is -0.255. The van der Waals surface area contributed by atoms with Crippen molar-refractivity contribution >= 4 is 17.7 Å². The van der Waals surface area contributed by atoms with E-state index in [1.807, 2.05) is 0 Å². The molecule has 0 aliphatic rings. The molecule has 0 saturated heterocycles. The first-order chi connectivity index (χ1) is 15.0. The zero-order valence-electron chi connectivity index (χ0n) is 16.5. The number of hydrogen-bond acceptors (Lipinski definition) is 4. The molecule has 164 valence electrons. The fourth-order valence-corrected chi connectivity index (χ4v) is 3.17. The van der Waals surface area contributed by atoms with Gasteiger partial charge in [0.1, 0.15) is 11.7 Å². The number of carboxylic acid groups (broad SMARTS) is 1. The molecule has 32 heavy (non-hydrogen) atoms. The van der Waals surface area contributed by atoms with Crippen molar-refractivity contribution in [2.75, 3.05) is 0 Å². The lowest BCUT2D eigenvalue weighted by atomic mass is 9.94. The van der Waals surface area contributed by atoms with Crippen LogP contribution in [-0.2, 0) is 6.18 Å². The van der Waals surface area contributed by atoms with E-state index in [2.05, 4.69) is 5.32 Å². The van der Waals surface area contributed by atoms with E-state index in [1.54, 1.807) is 6.92 Å². The largest absolute Gasteiger partial charge is 0.545 e. The van der Waals surface area contributed by atoms with Crippen LogP contribution >= 0.6 is 0 Å². The zero-order valence-corrected chi connectivity index (χ0v) is 16.5. The number of carbonyl (C=O) groups is 2. The third-order valence-corrected chi connectivity index (χ3v) is 4.73. The Morgan fingerprint density at radius 3 is 2.19 bits per heavy atom. The number of rotatable bonds is 4. The standard InChI is InChI=1S/C23H16F4N2O3/c1-12-10-14(7-8-15(12)16-4-2-3-5-18(16)23(25,26)27)21(30)29-20(28)13-6-9-17(22(31)32)19(24)11-13/h2-11H,1H3,(H,31,32)(H2,28,29,30)/p-1. The molecule has 9 heteroatoms. The topological polar surface area (TPSA) is 93.1 Å². The third-order valence-electron chi connectivity index (χ3n) is 4.73. The van der Waals surface area contributed by atoms with E-state index in [-0.39, 0.29) is 16.7 Å². The minimum atomic E-state index is -4.55. The Hall–Kier alpha value is -4.01. The lowest BCUT2D eigenvalue weighted by Gasteiger charge is -2.15. The van der Waals surface area contributed by atoms with Crippen molar-refractivity contribution in [1.82, 2.24) is 5.32 Å². The van der Waals surface area contributed by atoms with Crippen molar-refractivity contribution in [1.29, 1.82) is 5.41 Å². The van der Waals surface area contributed by atoms with Crippen LogP contribution in [0.25, 0.3) is 11.1 Å². The van der Waals surface area contributed by atoms with Gasteiger partial charge >= 0.3 is 6.18 Å². The Labute approximate surface area is 179 Å². The summed E-state index contributed by atoms with van der Waals surface area (Å²) in [6, 6.07) is 12.0. The molecule has 0 radical (unpaired) electrons. The molecule has 3 aromatic carbocycles. The van der Waals surface area contributed by atoms with Crippen LogP contribution < -0.4 is 10.4 Å². The van der Waals surface area contributed by atoms with Crippen LogP contribution in [0.3, 0.4) is 0 Å². The molecule has 0 aliphatic heterocycles. The number of carboxylic acids is 1. The van der Waals surface area contributed by atoms with Gasteiger partial charge in [0, 0.05) is 16.7 Å². The Bertz CT molecular complexity index is 1240. The summed E-state index contributed by atoms with van der Waals surface area (Å²) in [4.78, 5) is 23.3. The number of nitrogens with one attached hydrogen (secondary N) is 2. The minimum Gasteiger partial charge on any atom is -0.545 e. The number of amidine groups is 1. The molecule has 0 heterocycles. The maximum Gasteiger partial charge on any atom is 0.417 e. The molecule has 0 aliphatic carbocycles. The predicted molar refractivity (Wildman–Crippen MR) is 107 cm³/mol. The molecule has 5 nitrogen and oxygen atoms in total. The van der Waals surface area contributed by atoms with Crippen molar-refractivity contribution in [3.05, 3.63) is 94.3 Å². The van der Waals surface area contributed by atoms with Crippen LogP contribution in [0.4, 0.5) is 17.6 Å². The van der Waals surface area contributed by atoms with Crippen LogP contribution in [0.5, 0.6) is 0 Å². The highest BCUT2D eigenvalue weighted by Gasteiger charge is 2.33. The van der Waals surface area contributed by atoms with Crippen molar-refractivity contribution < 1.29 is 32.3 Å². The minimum absolute atomic E-state index is 0.0271. The van der Waals surface area contributed by atoms with Gasteiger partial charge in [0.15, 0.2) is 0 Å². The summed E-state index contributed by atoms with van der Waals surface area (Å²) >= 11 is 0. The average Bonchev–Trinajstić information content (AvgIpc) is 2.72. The number of hydrogen-bond donors (Lipinski definition) is 2. The van der Waals surface area contributed by atoms with Crippen molar-refractivity contribution in [2.45, 2.75) is 13.1 Å². The van der Waals surface area contributed by atoms with E-state index >= 15 is 0 Å². The molecule has 0 spiro atoms. The molecular formula is C23H15F4N2O3-. The first-order valence-electron chi connectivity index (χ1n) is 9.17. The number of carbonyl (C=O) groups excluding carboxylic acids is 2. The number of aryl methyl sites for hydroxylation is 1. The van der Waals surface area contributed by atoms with Crippen LogP contribution in [0.1, 0.15) is 37.4 Å². The third kappa shape index (κ3) is 4.66. The summed E-state index contributed by atoms with van der Waals surface area (Å²) in [6.45, 7) is 1.55. The second-order valence-corrected chi connectivity index (χ2v) is 6.88. The summed E-state index contributed by atoms with van der Waals surface area (Å²) < 4.78 is 53.8. The highest BCUT2D eigenvalue weighted by atomic mass is 19.4. The van der Waals surface area contributed by atoms with Gasteiger partial charge < -0.3 is 15.2 Å². The number of alkyl halides is 3. The Kier molecular flexibility index (Phi) is 6.11. The van der Waals surface area contributed by atoms with E-state index in [9.17, 15) is 32.3 Å². The molecule has 0 bridgehead atoms. The summed E-state index contributed by atoms with van der Waals surface area (Å²) in [5.74, 6) is -4.06. The highest BCUT2D eigenvalue weighted by Crippen LogP contribution is 2.38. The van der Waals surface area contributed by atoms with Gasteiger partial charge in [-0.05, 0) is 53.9 Å². The lowest BCUT2D eigenvalue weighted by Crippen LogP contribution is -2.31. The molecule has 2 N–H and O–H groups in total. The summed E-state index contributed by atoms with van der Waals surface area (Å²) in [6.07, 6.45) is -4.55. The molecule has 0 fully saturated rings. The van der Waals surface area contributed by atoms with Gasteiger partial charge in [0.25, 0.3) is 5.91 Å². The number of benzene rings is 3. The van der Waals surface area contributed by atoms with Gasteiger partial charge in [-0.3, -0.25) is 10.2 Å². The van der Waals surface area contributed by atoms with Gasteiger partial charge in [-0.1, -0.05) is 30.3 Å². The van der Waals surface area contributed by atoms with Crippen molar-refractivity contribution in [2.24, 2.45) is 0 Å². The smallest absolute Gasteiger partial charge is 0.417 e. The van der Waals surface area contributed by atoms with E-state index in [1.165, 1.54) is 36.4 Å². The summed E-state index contributed by atoms with van der Waals surface area (Å²) in [7, 11) is 0. The quantitative estimate of drug-likeness (QED) is 0.363. The van der Waals surface area contributed by atoms with E-state index < -0.39 is 40.8 Å². The molecule has 3 rings (SSSR count). The fourth-order valence-electron chi connectivity index (χ4n) is 3.17. The number of halogens is 4. The molecule has 3 aromatic rings. The summed E-state index contributed by atoms with van der Waals surface area (Å²) in [5, 5.41) is 20.9. The van der Waals surface area contributed by atoms with Gasteiger partial charge in [-0.2, -0.15) is 13.2 Å². The molecule has 0 saturated carbocycles. The van der Waals surface area contributed by atoms with Gasteiger partial charge in [0.2, 0.25) is 0 Å². The number of amides is 1. The van der Waals surface area contributed by atoms with Crippen LogP contribution in [0.2, 0.25) is 0 Å². The number of aromatic carboxylic acids is 1. The Morgan fingerprint density at radius 1 is 0.938 bits per heavy atom. The SMILES string of the molecule is Cc1cc(C(=O)NC(=N)c2ccc(C(=O)[O-])c(F)c2)ccc1-c1ccccc1C(F)(F)F. The van der Waals surface area contributed by atoms with E-state index in [0.29, 0.717) is 11.1 Å². The predicted octanol–water partition coefficient (Wildman–Crippen LogP) is 3.94. The average molecular weight is 443 g/mol. The Morgan fingerprint density at radius 2 is 1.59 bits per heavy atom. The maximum absolute atomic E-state index is 13.8. The van der Waals surface area contributed by atoms with Crippen molar-refractivity contribution in [3.63, 3.8) is 0 Å². The van der Waals surface area contributed by atoms with Gasteiger partial charge in [-0.25, -0.2) is 4.39 Å². The van der Waals surface area contributed by atoms with Crippen LogP contribution in [-0.4, -0.2) is 17.7 Å². The molecule has 1 amide bonds. The fraction of sp³-hybridized carbons (Fsp3) is 0.0870. The molecule has 0 atom stereocenters. The van der Waals surface area contributed by atoms with Crippen molar-refractivity contribution in [3.8, 4) is 11.1 Å². The normalized spacial score (nSPS) is 11.2. The first-order valence-corrected chi connectivity index (χ1v) is 9.17. The second-order valence-electron chi connectivity index (χ2n) is 6.88. The second kappa shape index (κ2) is 8.62. The molecular weight excluding hydrogens is 428 g/mol. The Balaban J connectivity index is 1.84. The highest BCUT2D eigenvalue weighted by molar-refractivity contribution is 6.11. The molecule has 0 unspecified atom stereocenters. The van der Waals surface area contributed by atoms with Crippen LogP contribution in [0.15, 0.2) is 60.7 Å². The monoisotopic (exact) mass is 443 g/mol. The molecule has 0 aromatic heterocycles. The zero-order chi connectivity index (χ0) is 23.6. The summed E-state index contributed by atoms with van der Waals surface area (Å²) in [5.41, 5.74) is -0.807. The van der Waals surface area contributed by atoms with E-state index in [4.69, 9.17) is 5.41 Å². The maximum atomic E-state index is 13.8. The van der Waals surface area contributed by atoms with Gasteiger partial charge in [0.05, 0.1) is 11.5 Å². The first kappa shape index (κ1) is 22.7. The van der Waals surface area contributed by atoms with E-state index in [0.717, 1.165) is 24.3 Å². The van der Waals surface area contributed by atoms with Crippen LogP contribution in [0, 0.1) is 18.2 Å². The van der Waals surface area contributed by atoms with Gasteiger partial charge in [-0.15, -0.1) is 0 Å².